The molecule has 7 nitrogen and oxygen atoms in total. The summed E-state index contributed by atoms with van der Waals surface area (Å²) < 4.78 is 46.1. The minimum atomic E-state index is -4.59. The number of aromatic nitrogens is 2. The third-order valence-electron chi connectivity index (χ3n) is 4.69. The fraction of sp³-hybridized carbons (Fsp3) is 0.450. The standard InChI is InChI=1S/C19H22ClF3N4O.CH2O2/c1-12(24-10-13-5-7-28-8-6-13)16-11-25-18(27-17(16)19(21,22)23)26-15-4-2-3-14(20)9-15;2-1-3/h2-4,9,11-13,24H,5-8,10H2,1H3,(H,25,26,27);1H,(H,2,3). The zero-order valence-corrected chi connectivity index (χ0v) is 17.6. The number of anilines is 2. The van der Waals surface area contributed by atoms with Gasteiger partial charge in [-0.25, -0.2) is 9.97 Å². The van der Waals surface area contributed by atoms with Gasteiger partial charge in [-0.05, 0) is 50.4 Å². The van der Waals surface area contributed by atoms with E-state index in [1.807, 2.05) is 0 Å². The van der Waals surface area contributed by atoms with Gasteiger partial charge in [0.25, 0.3) is 6.47 Å². The normalized spacial score (nSPS) is 15.5. The molecule has 0 amide bonds. The Hall–Kier alpha value is -2.43. The van der Waals surface area contributed by atoms with E-state index in [0.717, 1.165) is 12.8 Å². The molecule has 0 radical (unpaired) electrons. The predicted octanol–water partition coefficient (Wildman–Crippen LogP) is 4.67. The Morgan fingerprint density at radius 1 is 1.35 bits per heavy atom. The first-order valence-electron chi connectivity index (χ1n) is 9.60. The van der Waals surface area contributed by atoms with Gasteiger partial charge in [0.05, 0.1) is 0 Å². The molecular formula is C20H24ClF3N4O3. The number of ether oxygens (including phenoxy) is 1. The average molecular weight is 461 g/mol. The van der Waals surface area contributed by atoms with Gasteiger partial charge in [-0.2, -0.15) is 13.2 Å². The van der Waals surface area contributed by atoms with Gasteiger partial charge in [0.1, 0.15) is 0 Å². The molecule has 1 aromatic heterocycles. The number of carboxylic acid groups (broad SMARTS) is 1. The monoisotopic (exact) mass is 460 g/mol. The second-order valence-electron chi connectivity index (χ2n) is 6.92. The van der Waals surface area contributed by atoms with Gasteiger partial charge in [-0.1, -0.05) is 17.7 Å². The first-order valence-corrected chi connectivity index (χ1v) is 9.98. The topological polar surface area (TPSA) is 96.4 Å². The molecule has 1 aliphatic heterocycles. The molecule has 2 aromatic rings. The van der Waals surface area contributed by atoms with Crippen molar-refractivity contribution in [2.45, 2.75) is 32.0 Å². The highest BCUT2D eigenvalue weighted by atomic mass is 35.5. The third-order valence-corrected chi connectivity index (χ3v) is 4.92. The molecule has 1 atom stereocenters. The lowest BCUT2D eigenvalue weighted by Crippen LogP contribution is -2.31. The highest BCUT2D eigenvalue weighted by molar-refractivity contribution is 6.30. The molecule has 0 spiro atoms. The smallest absolute Gasteiger partial charge is 0.433 e. The minimum Gasteiger partial charge on any atom is -0.483 e. The number of nitrogens with zero attached hydrogens (tertiary/aromatic N) is 2. The summed E-state index contributed by atoms with van der Waals surface area (Å²) in [6, 6.07) is 6.09. The van der Waals surface area contributed by atoms with E-state index < -0.39 is 17.9 Å². The van der Waals surface area contributed by atoms with E-state index in [4.69, 9.17) is 26.2 Å². The molecule has 1 aliphatic rings. The number of benzene rings is 1. The van der Waals surface area contributed by atoms with Crippen LogP contribution in [0.4, 0.5) is 24.8 Å². The van der Waals surface area contributed by atoms with Crippen LogP contribution in [0.25, 0.3) is 0 Å². The second kappa shape index (κ2) is 11.8. The Kier molecular flexibility index (Phi) is 9.47. The summed E-state index contributed by atoms with van der Waals surface area (Å²) in [5, 5.41) is 13.3. The van der Waals surface area contributed by atoms with E-state index >= 15 is 0 Å². The van der Waals surface area contributed by atoms with Crippen molar-refractivity contribution in [3.05, 3.63) is 46.7 Å². The summed E-state index contributed by atoms with van der Waals surface area (Å²) in [5.74, 6) is 0.269. The Bertz CT molecular complexity index is 849. The van der Waals surface area contributed by atoms with E-state index in [1.165, 1.54) is 6.20 Å². The summed E-state index contributed by atoms with van der Waals surface area (Å²) in [5.41, 5.74) is -0.408. The number of nitrogens with one attached hydrogen (secondary N) is 2. The van der Waals surface area contributed by atoms with Crippen molar-refractivity contribution in [1.82, 2.24) is 15.3 Å². The summed E-state index contributed by atoms with van der Waals surface area (Å²) in [4.78, 5) is 16.2. The van der Waals surface area contributed by atoms with Crippen LogP contribution < -0.4 is 10.6 Å². The van der Waals surface area contributed by atoms with E-state index in [1.54, 1.807) is 31.2 Å². The third kappa shape index (κ3) is 7.97. The Morgan fingerprint density at radius 2 is 2.03 bits per heavy atom. The molecule has 0 aliphatic carbocycles. The molecule has 3 rings (SSSR count). The SMILES string of the molecule is CC(NCC1CCOCC1)c1cnc(Nc2cccc(Cl)c2)nc1C(F)(F)F.O=CO. The molecule has 11 heteroatoms. The van der Waals surface area contributed by atoms with Gasteiger partial charge in [0.2, 0.25) is 5.95 Å². The summed E-state index contributed by atoms with van der Waals surface area (Å²) in [6.07, 6.45) is -1.54. The molecule has 1 fully saturated rings. The first-order chi connectivity index (χ1) is 14.7. The summed E-state index contributed by atoms with van der Waals surface area (Å²) >= 11 is 5.90. The summed E-state index contributed by atoms with van der Waals surface area (Å²) in [6.45, 7) is 3.46. The van der Waals surface area contributed by atoms with Crippen LogP contribution in [0.1, 0.15) is 37.1 Å². The highest BCUT2D eigenvalue weighted by Gasteiger charge is 2.37. The van der Waals surface area contributed by atoms with E-state index in [9.17, 15) is 13.2 Å². The van der Waals surface area contributed by atoms with Crippen LogP contribution in [-0.2, 0) is 15.7 Å². The van der Waals surface area contributed by atoms with Crippen molar-refractivity contribution in [2.75, 3.05) is 25.1 Å². The van der Waals surface area contributed by atoms with Gasteiger partial charge in [0.15, 0.2) is 5.69 Å². The van der Waals surface area contributed by atoms with Crippen molar-refractivity contribution in [3.63, 3.8) is 0 Å². The van der Waals surface area contributed by atoms with Crippen LogP contribution in [0.2, 0.25) is 5.02 Å². The maximum absolute atomic E-state index is 13.6. The minimum absolute atomic E-state index is 0.0243. The molecule has 0 bridgehead atoms. The van der Waals surface area contributed by atoms with Crippen molar-refractivity contribution in [1.29, 1.82) is 0 Å². The number of hydrogen-bond acceptors (Lipinski definition) is 6. The number of rotatable bonds is 6. The average Bonchev–Trinajstić information content (AvgIpc) is 2.73. The van der Waals surface area contributed by atoms with Crippen LogP contribution >= 0.6 is 11.6 Å². The van der Waals surface area contributed by atoms with E-state index in [0.29, 0.717) is 36.4 Å². The van der Waals surface area contributed by atoms with E-state index in [2.05, 4.69) is 20.6 Å². The van der Waals surface area contributed by atoms with Crippen LogP contribution in [-0.4, -0.2) is 41.3 Å². The van der Waals surface area contributed by atoms with Crippen molar-refractivity contribution >= 4 is 29.7 Å². The summed E-state index contributed by atoms with van der Waals surface area (Å²) in [7, 11) is 0. The number of alkyl halides is 3. The largest absolute Gasteiger partial charge is 0.483 e. The molecule has 170 valence electrons. The van der Waals surface area contributed by atoms with Gasteiger partial charge < -0.3 is 20.5 Å². The lowest BCUT2D eigenvalue weighted by Gasteiger charge is -2.25. The van der Waals surface area contributed by atoms with Crippen molar-refractivity contribution < 1.29 is 27.8 Å². The lowest BCUT2D eigenvalue weighted by molar-refractivity contribution is -0.142. The van der Waals surface area contributed by atoms with Crippen LogP contribution in [0.5, 0.6) is 0 Å². The Morgan fingerprint density at radius 3 is 2.65 bits per heavy atom. The Balaban J connectivity index is 0.00000107. The zero-order chi connectivity index (χ0) is 22.9. The van der Waals surface area contributed by atoms with Crippen LogP contribution in [0.15, 0.2) is 30.5 Å². The first kappa shape index (κ1) is 24.8. The fourth-order valence-electron chi connectivity index (χ4n) is 3.09. The quantitative estimate of drug-likeness (QED) is 0.539. The maximum Gasteiger partial charge on any atom is 0.433 e. The molecule has 2 heterocycles. The highest BCUT2D eigenvalue weighted by Crippen LogP contribution is 2.34. The molecular weight excluding hydrogens is 437 g/mol. The van der Waals surface area contributed by atoms with Gasteiger partial charge in [0, 0.05) is 41.7 Å². The molecule has 1 saturated heterocycles. The lowest BCUT2D eigenvalue weighted by atomic mass is 9.99. The zero-order valence-electron chi connectivity index (χ0n) is 16.8. The second-order valence-corrected chi connectivity index (χ2v) is 7.36. The molecule has 3 N–H and O–H groups in total. The number of halogens is 4. The molecule has 31 heavy (non-hydrogen) atoms. The van der Waals surface area contributed by atoms with Crippen LogP contribution in [0.3, 0.4) is 0 Å². The fourth-order valence-corrected chi connectivity index (χ4v) is 3.28. The number of carbonyl (C=O) groups is 1. The van der Waals surface area contributed by atoms with Gasteiger partial charge in [-0.3, -0.25) is 4.79 Å². The predicted molar refractivity (Wildman–Crippen MR) is 110 cm³/mol. The van der Waals surface area contributed by atoms with Gasteiger partial charge in [-0.15, -0.1) is 0 Å². The number of hydrogen-bond donors (Lipinski definition) is 3. The maximum atomic E-state index is 13.6. The Labute approximate surface area is 183 Å². The van der Waals surface area contributed by atoms with Crippen molar-refractivity contribution in [2.24, 2.45) is 5.92 Å². The van der Waals surface area contributed by atoms with E-state index in [-0.39, 0.29) is 18.0 Å². The van der Waals surface area contributed by atoms with Crippen LogP contribution in [0, 0.1) is 5.92 Å². The molecule has 1 unspecified atom stereocenters. The molecule has 1 aromatic carbocycles. The van der Waals surface area contributed by atoms with Crippen molar-refractivity contribution in [3.8, 4) is 0 Å². The molecule has 0 saturated carbocycles. The van der Waals surface area contributed by atoms with Gasteiger partial charge >= 0.3 is 6.18 Å².